The standard InChI is InChI=1S/C5H5BrO2/c1-4(6)2-3-5(7)8/h4H,1H3,(H,7,8). The molecule has 0 aromatic rings. The van der Waals surface area contributed by atoms with Gasteiger partial charge in [-0.3, -0.25) is 0 Å². The van der Waals surface area contributed by atoms with Crippen LogP contribution in [0.25, 0.3) is 0 Å². The van der Waals surface area contributed by atoms with Crippen molar-refractivity contribution in [3.8, 4) is 11.8 Å². The number of hydrogen-bond donors (Lipinski definition) is 1. The maximum absolute atomic E-state index is 9.71. The molecular formula is C5H5BrO2. The molecule has 0 aromatic heterocycles. The minimum Gasteiger partial charge on any atom is -0.472 e. The second kappa shape index (κ2) is 3.50. The van der Waals surface area contributed by atoms with Gasteiger partial charge in [0.15, 0.2) is 0 Å². The summed E-state index contributed by atoms with van der Waals surface area (Å²) in [6.45, 7) is 1.76. The van der Waals surface area contributed by atoms with Crippen LogP contribution in [0.3, 0.4) is 0 Å². The van der Waals surface area contributed by atoms with Crippen LogP contribution < -0.4 is 0 Å². The van der Waals surface area contributed by atoms with Crippen molar-refractivity contribution in [2.45, 2.75) is 11.8 Å². The van der Waals surface area contributed by atoms with Crippen molar-refractivity contribution in [3.05, 3.63) is 0 Å². The average molecular weight is 177 g/mol. The Bertz CT molecular complexity index is 140. The van der Waals surface area contributed by atoms with E-state index in [0.29, 0.717) is 0 Å². The zero-order chi connectivity index (χ0) is 6.57. The molecule has 0 saturated carbocycles. The SMILES string of the molecule is CC(Br)C#CC(=O)O. The van der Waals surface area contributed by atoms with Gasteiger partial charge in [0.1, 0.15) is 0 Å². The minimum atomic E-state index is -1.09. The van der Waals surface area contributed by atoms with E-state index in [-0.39, 0.29) is 4.83 Å². The normalized spacial score (nSPS) is 11.2. The monoisotopic (exact) mass is 176 g/mol. The van der Waals surface area contributed by atoms with E-state index >= 15 is 0 Å². The molecule has 0 heterocycles. The van der Waals surface area contributed by atoms with E-state index in [1.165, 1.54) is 0 Å². The third kappa shape index (κ3) is 5.51. The Labute approximate surface area is 56.0 Å². The predicted molar refractivity (Wildman–Crippen MR) is 33.8 cm³/mol. The highest BCUT2D eigenvalue weighted by atomic mass is 79.9. The Balaban J connectivity index is 3.68. The Morgan fingerprint density at radius 1 is 1.88 bits per heavy atom. The third-order valence-electron chi connectivity index (χ3n) is 0.378. The molecule has 44 valence electrons. The maximum atomic E-state index is 9.71. The van der Waals surface area contributed by atoms with E-state index in [2.05, 4.69) is 21.9 Å². The highest BCUT2D eigenvalue weighted by Gasteiger charge is 1.86. The van der Waals surface area contributed by atoms with Gasteiger partial charge in [0, 0.05) is 5.92 Å². The summed E-state index contributed by atoms with van der Waals surface area (Å²) in [4.78, 5) is 9.67. The molecule has 1 atom stereocenters. The molecule has 0 spiro atoms. The lowest BCUT2D eigenvalue weighted by atomic mass is 10.5. The minimum absolute atomic E-state index is 0.0430. The van der Waals surface area contributed by atoms with Crippen LogP contribution >= 0.6 is 15.9 Å². The zero-order valence-corrected chi connectivity index (χ0v) is 5.90. The molecule has 1 N–H and O–H groups in total. The lowest BCUT2D eigenvalue weighted by molar-refractivity contribution is -0.130. The number of rotatable bonds is 0. The Morgan fingerprint density at radius 3 is 2.50 bits per heavy atom. The summed E-state index contributed by atoms with van der Waals surface area (Å²) in [5.74, 6) is 3.29. The smallest absolute Gasteiger partial charge is 0.381 e. The fourth-order valence-corrected chi connectivity index (χ4v) is 0.276. The van der Waals surface area contributed by atoms with Gasteiger partial charge in [-0.05, 0) is 6.92 Å². The second-order valence-corrected chi connectivity index (χ2v) is 2.56. The zero-order valence-electron chi connectivity index (χ0n) is 4.31. The quantitative estimate of drug-likeness (QED) is 0.440. The molecule has 0 amide bonds. The molecule has 0 rings (SSSR count). The van der Waals surface area contributed by atoms with E-state index in [9.17, 15) is 4.79 Å². The first-order valence-electron chi connectivity index (χ1n) is 2.01. The fraction of sp³-hybridized carbons (Fsp3) is 0.400. The molecular weight excluding hydrogens is 172 g/mol. The van der Waals surface area contributed by atoms with Crippen molar-refractivity contribution in [2.24, 2.45) is 0 Å². The summed E-state index contributed by atoms with van der Waals surface area (Å²) in [7, 11) is 0. The van der Waals surface area contributed by atoms with Crippen molar-refractivity contribution >= 4 is 21.9 Å². The van der Waals surface area contributed by atoms with Crippen LogP contribution in [0, 0.1) is 11.8 Å². The molecule has 0 aliphatic heterocycles. The molecule has 0 aliphatic rings. The van der Waals surface area contributed by atoms with Gasteiger partial charge in [-0.25, -0.2) is 4.79 Å². The number of carboxylic acid groups (broad SMARTS) is 1. The molecule has 2 nitrogen and oxygen atoms in total. The van der Waals surface area contributed by atoms with E-state index in [0.717, 1.165) is 0 Å². The van der Waals surface area contributed by atoms with Gasteiger partial charge in [-0.2, -0.15) is 0 Å². The van der Waals surface area contributed by atoms with Crippen LogP contribution in [0.15, 0.2) is 0 Å². The highest BCUT2D eigenvalue weighted by molar-refractivity contribution is 9.09. The van der Waals surface area contributed by atoms with Crippen molar-refractivity contribution in [2.75, 3.05) is 0 Å². The Kier molecular flexibility index (Phi) is 3.29. The summed E-state index contributed by atoms with van der Waals surface area (Å²) in [6.07, 6.45) is 0. The fourth-order valence-electron chi connectivity index (χ4n) is 0.161. The van der Waals surface area contributed by atoms with Gasteiger partial charge in [0.25, 0.3) is 0 Å². The maximum Gasteiger partial charge on any atom is 0.381 e. The van der Waals surface area contributed by atoms with Crippen LogP contribution in [0.5, 0.6) is 0 Å². The van der Waals surface area contributed by atoms with Crippen LogP contribution in [0.1, 0.15) is 6.92 Å². The average Bonchev–Trinajstić information content (AvgIpc) is 1.61. The van der Waals surface area contributed by atoms with E-state index in [4.69, 9.17) is 5.11 Å². The van der Waals surface area contributed by atoms with Crippen molar-refractivity contribution in [1.82, 2.24) is 0 Å². The molecule has 0 aliphatic carbocycles. The third-order valence-corrected chi connectivity index (χ3v) is 0.607. The van der Waals surface area contributed by atoms with Gasteiger partial charge in [-0.1, -0.05) is 21.9 Å². The molecule has 0 radical (unpaired) electrons. The van der Waals surface area contributed by atoms with Crippen LogP contribution in [0.4, 0.5) is 0 Å². The first kappa shape index (κ1) is 7.51. The number of halogens is 1. The number of hydrogen-bond acceptors (Lipinski definition) is 1. The Hall–Kier alpha value is -0.490. The summed E-state index contributed by atoms with van der Waals surface area (Å²) in [5.41, 5.74) is 0. The molecule has 0 bridgehead atoms. The lowest BCUT2D eigenvalue weighted by Gasteiger charge is -1.80. The summed E-state index contributed by atoms with van der Waals surface area (Å²) in [6, 6.07) is 0. The van der Waals surface area contributed by atoms with Crippen molar-refractivity contribution in [1.29, 1.82) is 0 Å². The summed E-state index contributed by atoms with van der Waals surface area (Å²) < 4.78 is 0. The molecule has 0 saturated heterocycles. The highest BCUT2D eigenvalue weighted by Crippen LogP contribution is 1.91. The lowest BCUT2D eigenvalue weighted by Crippen LogP contribution is -1.89. The summed E-state index contributed by atoms with van der Waals surface area (Å²) >= 11 is 3.07. The van der Waals surface area contributed by atoms with E-state index < -0.39 is 5.97 Å². The van der Waals surface area contributed by atoms with Crippen LogP contribution in [0.2, 0.25) is 0 Å². The van der Waals surface area contributed by atoms with Gasteiger partial charge in [0.05, 0.1) is 4.83 Å². The van der Waals surface area contributed by atoms with Gasteiger partial charge < -0.3 is 5.11 Å². The molecule has 0 fully saturated rings. The van der Waals surface area contributed by atoms with Gasteiger partial charge in [-0.15, -0.1) is 0 Å². The molecule has 8 heavy (non-hydrogen) atoms. The van der Waals surface area contributed by atoms with E-state index in [1.807, 2.05) is 5.92 Å². The number of carbonyl (C=O) groups is 1. The molecule has 1 unspecified atom stereocenters. The molecule has 0 aromatic carbocycles. The van der Waals surface area contributed by atoms with Gasteiger partial charge >= 0.3 is 5.97 Å². The number of alkyl halides is 1. The topological polar surface area (TPSA) is 37.3 Å². The second-order valence-electron chi connectivity index (χ2n) is 1.19. The Morgan fingerprint density at radius 2 is 2.38 bits per heavy atom. The summed E-state index contributed by atoms with van der Waals surface area (Å²) in [5, 5.41) is 7.97. The van der Waals surface area contributed by atoms with Crippen molar-refractivity contribution in [3.63, 3.8) is 0 Å². The largest absolute Gasteiger partial charge is 0.472 e. The predicted octanol–water partition coefficient (Wildman–Crippen LogP) is 0.858. The van der Waals surface area contributed by atoms with Gasteiger partial charge in [0.2, 0.25) is 0 Å². The van der Waals surface area contributed by atoms with Crippen LogP contribution in [-0.4, -0.2) is 15.9 Å². The molecule has 3 heteroatoms. The van der Waals surface area contributed by atoms with E-state index in [1.54, 1.807) is 6.92 Å². The van der Waals surface area contributed by atoms with Crippen LogP contribution in [-0.2, 0) is 4.79 Å². The van der Waals surface area contributed by atoms with Crippen molar-refractivity contribution < 1.29 is 9.90 Å². The number of aliphatic carboxylic acids is 1. The number of carboxylic acids is 1. The first-order chi connectivity index (χ1) is 3.63. The first-order valence-corrected chi connectivity index (χ1v) is 2.93.